The van der Waals surface area contributed by atoms with Crippen LogP contribution in [0.5, 0.6) is 11.5 Å². The summed E-state index contributed by atoms with van der Waals surface area (Å²) in [6.07, 6.45) is 2.00. The first-order chi connectivity index (χ1) is 17.1. The van der Waals surface area contributed by atoms with Gasteiger partial charge in [0.2, 0.25) is 5.95 Å². The predicted octanol–water partition coefficient (Wildman–Crippen LogP) is 2.76. The minimum atomic E-state index is -0.175. The van der Waals surface area contributed by atoms with Gasteiger partial charge in [0.05, 0.1) is 37.0 Å². The molecule has 0 spiro atoms. The molecular weight excluding hydrogens is 448 g/mol. The lowest BCUT2D eigenvalue weighted by atomic mass is 10.2. The number of aliphatic hydroxyl groups excluding tert-OH is 1. The molecule has 10 heteroatoms. The molecule has 0 unspecified atom stereocenters. The molecule has 188 valence electrons. The Bertz CT molecular complexity index is 1140. The van der Waals surface area contributed by atoms with Crippen LogP contribution in [0.25, 0.3) is 11.0 Å². The molecule has 0 bridgehead atoms. The number of ether oxygens (including phenoxy) is 3. The lowest BCUT2D eigenvalue weighted by Gasteiger charge is -2.18. The van der Waals surface area contributed by atoms with E-state index in [9.17, 15) is 5.11 Å². The largest absolute Gasteiger partial charge is 0.490 e. The van der Waals surface area contributed by atoms with Gasteiger partial charge in [-0.15, -0.1) is 0 Å². The maximum Gasteiger partial charge on any atom is 0.206 e. The molecule has 3 aromatic rings. The smallest absolute Gasteiger partial charge is 0.206 e. The summed E-state index contributed by atoms with van der Waals surface area (Å²) in [5, 5.41) is 13.0. The number of anilines is 1. The highest BCUT2D eigenvalue weighted by atomic mass is 16.5. The van der Waals surface area contributed by atoms with Crippen LogP contribution in [-0.2, 0) is 11.3 Å². The summed E-state index contributed by atoms with van der Waals surface area (Å²) in [7, 11) is 0. The highest BCUT2D eigenvalue weighted by molar-refractivity contribution is 5.78. The summed E-state index contributed by atoms with van der Waals surface area (Å²) in [6, 6.07) is 13.9. The molecule has 1 fully saturated rings. The van der Waals surface area contributed by atoms with E-state index < -0.39 is 0 Å². The highest BCUT2D eigenvalue weighted by Crippen LogP contribution is 2.34. The summed E-state index contributed by atoms with van der Waals surface area (Å²) in [4.78, 5) is 8.78. The second-order valence-corrected chi connectivity index (χ2v) is 8.34. The number of hydrogen-bond donors (Lipinski definition) is 4. The first-order valence-electron chi connectivity index (χ1n) is 12.0. The van der Waals surface area contributed by atoms with Gasteiger partial charge in [0.25, 0.3) is 0 Å². The number of nitrogens with two attached hydrogens (primary N) is 2. The van der Waals surface area contributed by atoms with E-state index >= 15 is 0 Å². The third kappa shape index (κ3) is 6.14. The minimum absolute atomic E-state index is 0.0206. The van der Waals surface area contributed by atoms with Crippen LogP contribution in [0.3, 0.4) is 0 Å². The maximum atomic E-state index is 9.51. The number of para-hydroxylation sites is 2. The summed E-state index contributed by atoms with van der Waals surface area (Å²) in [5.74, 6) is 2.17. The van der Waals surface area contributed by atoms with Crippen LogP contribution in [0.2, 0.25) is 0 Å². The highest BCUT2D eigenvalue weighted by Gasteiger charge is 2.29. The van der Waals surface area contributed by atoms with E-state index in [1.807, 2.05) is 49.4 Å². The zero-order valence-electron chi connectivity index (χ0n) is 20.0. The van der Waals surface area contributed by atoms with Crippen molar-refractivity contribution in [3.05, 3.63) is 48.0 Å². The number of aliphatic hydroxyl groups is 1. The Balaban J connectivity index is 1.49. The van der Waals surface area contributed by atoms with Crippen molar-refractivity contribution >= 4 is 22.9 Å². The predicted molar refractivity (Wildman–Crippen MR) is 136 cm³/mol. The second kappa shape index (κ2) is 11.8. The Morgan fingerprint density at radius 2 is 2.06 bits per heavy atom. The van der Waals surface area contributed by atoms with Gasteiger partial charge in [-0.3, -0.25) is 9.56 Å². The van der Waals surface area contributed by atoms with Gasteiger partial charge in [-0.2, -0.15) is 0 Å². The van der Waals surface area contributed by atoms with E-state index in [0.29, 0.717) is 44.2 Å². The molecule has 0 aliphatic carbocycles. The number of hydrogen-bond acceptors (Lipinski definition) is 7. The number of aliphatic imine (C=N–C) groups is 1. The first-order valence-corrected chi connectivity index (χ1v) is 12.0. The third-order valence-corrected chi connectivity index (χ3v) is 5.79. The van der Waals surface area contributed by atoms with Gasteiger partial charge in [0.1, 0.15) is 6.23 Å². The number of guanidine groups is 1. The molecule has 1 aliphatic heterocycles. The molecule has 2 aromatic carbocycles. The van der Waals surface area contributed by atoms with Crippen LogP contribution in [0.4, 0.5) is 5.95 Å². The van der Waals surface area contributed by atoms with E-state index in [1.165, 1.54) is 0 Å². The number of nitrogens with zero attached hydrogens (tertiary/aromatic N) is 3. The quantitative estimate of drug-likeness (QED) is 0.175. The number of benzene rings is 2. The summed E-state index contributed by atoms with van der Waals surface area (Å²) < 4.78 is 19.9. The number of imidazole rings is 1. The zero-order valence-corrected chi connectivity index (χ0v) is 20.0. The molecule has 0 radical (unpaired) electrons. The Kier molecular flexibility index (Phi) is 8.27. The van der Waals surface area contributed by atoms with E-state index in [0.717, 1.165) is 35.4 Å². The Hall–Kier alpha value is -3.50. The second-order valence-electron chi connectivity index (χ2n) is 8.34. The standard InChI is InChI=1S/C25H34N6O4/c1-2-33-21-10-8-17(14-22(21)34-13-5-12-28-24(26)27)15-29-25-30-19-6-3-4-7-20(19)31(25)23-11-9-18(16-32)35-23/h3-4,6-8,10,14,18,23,32H,2,5,9,11-13,15-16H2,1H3,(H,29,30)(H4,26,27,28)/t18-,23+/m0/s1. The van der Waals surface area contributed by atoms with E-state index in [-0.39, 0.29) is 24.9 Å². The lowest BCUT2D eigenvalue weighted by Crippen LogP contribution is -2.23. The fourth-order valence-corrected chi connectivity index (χ4v) is 4.16. The fourth-order valence-electron chi connectivity index (χ4n) is 4.16. The van der Waals surface area contributed by atoms with Crippen LogP contribution in [0.1, 0.15) is 38.0 Å². The number of rotatable bonds is 12. The monoisotopic (exact) mass is 482 g/mol. The Morgan fingerprint density at radius 3 is 2.83 bits per heavy atom. The molecule has 35 heavy (non-hydrogen) atoms. The molecule has 2 atom stereocenters. The number of aromatic nitrogens is 2. The van der Waals surface area contributed by atoms with Crippen molar-refractivity contribution in [1.82, 2.24) is 9.55 Å². The van der Waals surface area contributed by atoms with Crippen LogP contribution in [-0.4, -0.2) is 53.1 Å². The average Bonchev–Trinajstić information content (AvgIpc) is 3.47. The topological polar surface area (TPSA) is 142 Å². The average molecular weight is 483 g/mol. The van der Waals surface area contributed by atoms with Gasteiger partial charge in [-0.1, -0.05) is 18.2 Å². The van der Waals surface area contributed by atoms with Crippen molar-refractivity contribution in [1.29, 1.82) is 0 Å². The normalized spacial score (nSPS) is 17.4. The van der Waals surface area contributed by atoms with E-state index in [4.69, 9.17) is 30.7 Å². The van der Waals surface area contributed by atoms with Gasteiger partial charge in [0, 0.05) is 19.5 Å². The Morgan fingerprint density at radius 1 is 1.20 bits per heavy atom. The molecule has 0 amide bonds. The molecule has 0 saturated carbocycles. The van der Waals surface area contributed by atoms with Crippen LogP contribution < -0.4 is 26.3 Å². The third-order valence-electron chi connectivity index (χ3n) is 5.79. The van der Waals surface area contributed by atoms with E-state index in [1.54, 1.807) is 0 Å². The molecule has 1 aromatic heterocycles. The number of nitrogens with one attached hydrogen (secondary N) is 1. The lowest BCUT2D eigenvalue weighted by molar-refractivity contribution is -0.0195. The van der Waals surface area contributed by atoms with Crippen molar-refractivity contribution in [2.75, 3.05) is 31.7 Å². The van der Waals surface area contributed by atoms with Crippen molar-refractivity contribution in [2.45, 2.75) is 45.1 Å². The van der Waals surface area contributed by atoms with Gasteiger partial charge in [0.15, 0.2) is 17.5 Å². The summed E-state index contributed by atoms with van der Waals surface area (Å²) in [5.41, 5.74) is 13.7. The van der Waals surface area contributed by atoms with Crippen molar-refractivity contribution in [2.24, 2.45) is 16.5 Å². The van der Waals surface area contributed by atoms with Gasteiger partial charge < -0.3 is 36.1 Å². The van der Waals surface area contributed by atoms with Gasteiger partial charge in [-0.05, 0) is 49.6 Å². The summed E-state index contributed by atoms with van der Waals surface area (Å²) >= 11 is 0. The van der Waals surface area contributed by atoms with Crippen LogP contribution in [0, 0.1) is 0 Å². The SMILES string of the molecule is CCOc1ccc(CNc2nc3ccccc3n2[C@H]2CC[C@@H](CO)O2)cc1OCCCN=C(N)N. The maximum absolute atomic E-state index is 9.51. The van der Waals surface area contributed by atoms with Gasteiger partial charge in [-0.25, -0.2) is 4.98 Å². The van der Waals surface area contributed by atoms with E-state index in [2.05, 4.69) is 14.9 Å². The molecule has 1 aliphatic rings. The molecule has 1 saturated heterocycles. The summed E-state index contributed by atoms with van der Waals surface area (Å²) in [6.45, 7) is 4.01. The first kappa shape index (κ1) is 24.6. The Labute approximate surface area is 204 Å². The van der Waals surface area contributed by atoms with Gasteiger partial charge >= 0.3 is 0 Å². The molecule has 4 rings (SSSR count). The molecule has 10 nitrogen and oxygen atoms in total. The molecule has 6 N–H and O–H groups in total. The molecular formula is C25H34N6O4. The van der Waals surface area contributed by atoms with Crippen molar-refractivity contribution in [3.63, 3.8) is 0 Å². The minimum Gasteiger partial charge on any atom is -0.490 e. The van der Waals surface area contributed by atoms with Crippen LogP contribution >= 0.6 is 0 Å². The number of fused-ring (bicyclic) bond motifs is 1. The zero-order chi connectivity index (χ0) is 24.6. The van der Waals surface area contributed by atoms with Crippen molar-refractivity contribution < 1.29 is 19.3 Å². The molecule has 2 heterocycles. The van der Waals surface area contributed by atoms with Crippen molar-refractivity contribution in [3.8, 4) is 11.5 Å². The fraction of sp³-hybridized carbons (Fsp3) is 0.440. The van der Waals surface area contributed by atoms with Crippen LogP contribution in [0.15, 0.2) is 47.5 Å².